The van der Waals surface area contributed by atoms with Crippen LogP contribution in [0.25, 0.3) is 11.0 Å². The molecule has 0 unspecified atom stereocenters. The number of carbonyl (C=O) groups excluding carboxylic acids is 3. The van der Waals surface area contributed by atoms with Crippen LogP contribution in [0, 0.1) is 19.7 Å². The number of aryl methyl sites for hydroxylation is 2. The average molecular weight is 399 g/mol. The number of benzene rings is 2. The second-order valence-corrected chi connectivity index (χ2v) is 6.32. The van der Waals surface area contributed by atoms with Gasteiger partial charge < -0.3 is 19.2 Å². The lowest BCUT2D eigenvalue weighted by atomic mass is 10.1. The van der Waals surface area contributed by atoms with Gasteiger partial charge >= 0.3 is 11.9 Å². The Morgan fingerprint density at radius 2 is 1.86 bits per heavy atom. The monoisotopic (exact) mass is 399 g/mol. The van der Waals surface area contributed by atoms with Crippen molar-refractivity contribution in [1.29, 1.82) is 0 Å². The molecule has 0 aliphatic heterocycles. The molecular weight excluding hydrogens is 381 g/mol. The van der Waals surface area contributed by atoms with Crippen molar-refractivity contribution in [3.05, 3.63) is 64.7 Å². The number of ether oxygens (including phenoxy) is 2. The summed E-state index contributed by atoms with van der Waals surface area (Å²) < 4.78 is 28.7. The number of fused-ring (bicyclic) bond motifs is 1. The van der Waals surface area contributed by atoms with E-state index in [4.69, 9.17) is 9.15 Å². The van der Waals surface area contributed by atoms with Crippen LogP contribution in [-0.4, -0.2) is 31.6 Å². The Kier molecular flexibility index (Phi) is 5.63. The Hall–Kier alpha value is -3.68. The highest BCUT2D eigenvalue weighted by Crippen LogP contribution is 2.27. The zero-order chi connectivity index (χ0) is 21.1. The van der Waals surface area contributed by atoms with Crippen LogP contribution in [0.1, 0.15) is 32.0 Å². The molecule has 0 saturated heterocycles. The van der Waals surface area contributed by atoms with Crippen LogP contribution in [0.3, 0.4) is 0 Å². The van der Waals surface area contributed by atoms with Crippen LogP contribution in [0.15, 0.2) is 40.8 Å². The Labute approximate surface area is 165 Å². The normalized spacial score (nSPS) is 10.6. The van der Waals surface area contributed by atoms with Crippen LogP contribution in [-0.2, 0) is 14.3 Å². The van der Waals surface area contributed by atoms with E-state index >= 15 is 0 Å². The lowest BCUT2D eigenvalue weighted by molar-refractivity contribution is -0.119. The van der Waals surface area contributed by atoms with Gasteiger partial charge in [-0.25, -0.2) is 14.0 Å². The maximum Gasteiger partial charge on any atom is 0.375 e. The third-order valence-corrected chi connectivity index (χ3v) is 4.37. The minimum absolute atomic E-state index is 0.0448. The molecule has 3 aromatic rings. The van der Waals surface area contributed by atoms with Gasteiger partial charge in [0, 0.05) is 16.6 Å². The van der Waals surface area contributed by atoms with Crippen molar-refractivity contribution in [2.45, 2.75) is 13.8 Å². The number of halogens is 1. The molecule has 8 heteroatoms. The van der Waals surface area contributed by atoms with E-state index in [9.17, 15) is 18.8 Å². The second-order valence-electron chi connectivity index (χ2n) is 6.32. The average Bonchev–Trinajstić information content (AvgIpc) is 3.05. The highest BCUT2D eigenvalue weighted by atomic mass is 19.1. The number of hydrogen-bond acceptors (Lipinski definition) is 6. The fourth-order valence-corrected chi connectivity index (χ4v) is 2.79. The molecule has 2 aromatic carbocycles. The standard InChI is InChI=1S/C21H18FNO6/c1-11-7-8-13(20(25)27-3)9-16(11)23-17(24)10-28-21(26)18-12(2)14-5-4-6-15(22)19(14)29-18/h4-9H,10H2,1-3H3,(H,23,24). The van der Waals surface area contributed by atoms with Gasteiger partial charge in [-0.3, -0.25) is 4.79 Å². The molecule has 0 aliphatic rings. The smallest absolute Gasteiger partial charge is 0.375 e. The van der Waals surface area contributed by atoms with E-state index in [-0.39, 0.29) is 16.9 Å². The summed E-state index contributed by atoms with van der Waals surface area (Å²) in [6, 6.07) is 9.04. The first-order valence-corrected chi connectivity index (χ1v) is 8.65. The van der Waals surface area contributed by atoms with Gasteiger partial charge in [0.15, 0.2) is 18.0 Å². The summed E-state index contributed by atoms with van der Waals surface area (Å²) in [6.45, 7) is 2.76. The molecule has 1 N–H and O–H groups in total. The molecule has 150 valence electrons. The first-order chi connectivity index (χ1) is 13.8. The van der Waals surface area contributed by atoms with Crippen molar-refractivity contribution in [3.63, 3.8) is 0 Å². The van der Waals surface area contributed by atoms with E-state index in [1.807, 2.05) is 0 Å². The van der Waals surface area contributed by atoms with Crippen LogP contribution in [0.4, 0.5) is 10.1 Å². The Morgan fingerprint density at radius 1 is 1.10 bits per heavy atom. The van der Waals surface area contributed by atoms with E-state index < -0.39 is 30.3 Å². The molecule has 0 atom stereocenters. The largest absolute Gasteiger partial charge is 0.465 e. The van der Waals surface area contributed by atoms with Crippen LogP contribution >= 0.6 is 0 Å². The molecule has 0 bridgehead atoms. The fourth-order valence-electron chi connectivity index (χ4n) is 2.79. The second kappa shape index (κ2) is 8.14. The number of nitrogens with one attached hydrogen (secondary N) is 1. The molecule has 0 fully saturated rings. The number of esters is 2. The van der Waals surface area contributed by atoms with Gasteiger partial charge in [0.05, 0.1) is 12.7 Å². The number of anilines is 1. The summed E-state index contributed by atoms with van der Waals surface area (Å²) in [4.78, 5) is 36.1. The van der Waals surface area contributed by atoms with Crippen LogP contribution in [0.2, 0.25) is 0 Å². The quantitative estimate of drug-likeness (QED) is 0.657. The SMILES string of the molecule is COC(=O)c1ccc(C)c(NC(=O)COC(=O)c2oc3c(F)cccc3c2C)c1. The summed E-state index contributed by atoms with van der Waals surface area (Å²) in [5.74, 6) is -2.79. The van der Waals surface area contributed by atoms with E-state index in [1.165, 1.54) is 25.3 Å². The zero-order valence-electron chi connectivity index (χ0n) is 16.0. The van der Waals surface area contributed by atoms with Gasteiger partial charge in [0.2, 0.25) is 5.76 Å². The van der Waals surface area contributed by atoms with Crippen molar-refractivity contribution in [3.8, 4) is 0 Å². The van der Waals surface area contributed by atoms with Crippen molar-refractivity contribution in [2.75, 3.05) is 19.0 Å². The minimum Gasteiger partial charge on any atom is -0.465 e. The molecule has 0 saturated carbocycles. The molecule has 1 aromatic heterocycles. The van der Waals surface area contributed by atoms with Gasteiger partial charge in [-0.1, -0.05) is 18.2 Å². The number of methoxy groups -OCH3 is 1. The van der Waals surface area contributed by atoms with Crippen molar-refractivity contribution in [1.82, 2.24) is 0 Å². The molecule has 1 heterocycles. The third-order valence-electron chi connectivity index (χ3n) is 4.37. The first-order valence-electron chi connectivity index (χ1n) is 8.65. The fraction of sp³-hybridized carbons (Fsp3) is 0.190. The highest BCUT2D eigenvalue weighted by Gasteiger charge is 2.21. The number of furan rings is 1. The molecule has 1 amide bonds. The molecular formula is C21H18FNO6. The number of carbonyl (C=O) groups is 3. The van der Waals surface area contributed by atoms with Gasteiger partial charge in [0.1, 0.15) is 0 Å². The number of rotatable bonds is 5. The molecule has 29 heavy (non-hydrogen) atoms. The summed E-state index contributed by atoms with van der Waals surface area (Å²) in [5.41, 5.74) is 1.74. The molecule has 3 rings (SSSR count). The Morgan fingerprint density at radius 3 is 2.55 bits per heavy atom. The summed E-state index contributed by atoms with van der Waals surface area (Å²) >= 11 is 0. The van der Waals surface area contributed by atoms with E-state index in [0.29, 0.717) is 22.2 Å². The third kappa shape index (κ3) is 4.11. The minimum atomic E-state index is -0.881. The maximum absolute atomic E-state index is 13.8. The van der Waals surface area contributed by atoms with Crippen molar-refractivity contribution < 1.29 is 32.7 Å². The Bertz CT molecular complexity index is 1120. The van der Waals surface area contributed by atoms with Crippen LogP contribution < -0.4 is 5.32 Å². The summed E-state index contributed by atoms with van der Waals surface area (Å²) in [6.07, 6.45) is 0. The van der Waals surface area contributed by atoms with Crippen LogP contribution in [0.5, 0.6) is 0 Å². The van der Waals surface area contributed by atoms with Gasteiger partial charge in [-0.05, 0) is 37.6 Å². The lowest BCUT2D eigenvalue weighted by Crippen LogP contribution is -2.21. The Balaban J connectivity index is 1.69. The van der Waals surface area contributed by atoms with Gasteiger partial charge in [-0.15, -0.1) is 0 Å². The van der Waals surface area contributed by atoms with E-state index in [1.54, 1.807) is 32.0 Å². The van der Waals surface area contributed by atoms with Crippen molar-refractivity contribution in [2.24, 2.45) is 0 Å². The maximum atomic E-state index is 13.8. The summed E-state index contributed by atoms with van der Waals surface area (Å²) in [7, 11) is 1.26. The number of hydrogen-bond donors (Lipinski definition) is 1. The highest BCUT2D eigenvalue weighted by molar-refractivity contribution is 5.99. The predicted octanol–water partition coefficient (Wildman–Crippen LogP) is 3.77. The van der Waals surface area contributed by atoms with Gasteiger partial charge in [-0.2, -0.15) is 0 Å². The van der Waals surface area contributed by atoms with E-state index in [2.05, 4.69) is 10.1 Å². The topological polar surface area (TPSA) is 94.8 Å². The van der Waals surface area contributed by atoms with E-state index in [0.717, 1.165) is 0 Å². The first kappa shape index (κ1) is 20.1. The number of para-hydroxylation sites is 1. The number of amides is 1. The predicted molar refractivity (Wildman–Crippen MR) is 102 cm³/mol. The molecule has 7 nitrogen and oxygen atoms in total. The summed E-state index contributed by atoms with van der Waals surface area (Å²) in [5, 5.41) is 3.03. The molecule has 0 aliphatic carbocycles. The zero-order valence-corrected chi connectivity index (χ0v) is 16.0. The lowest BCUT2D eigenvalue weighted by Gasteiger charge is -2.10. The van der Waals surface area contributed by atoms with Gasteiger partial charge in [0.25, 0.3) is 5.91 Å². The molecule has 0 spiro atoms. The van der Waals surface area contributed by atoms with Crippen molar-refractivity contribution >= 4 is 34.5 Å². The molecule has 0 radical (unpaired) electrons.